The third kappa shape index (κ3) is 2.84. The van der Waals surface area contributed by atoms with Crippen LogP contribution < -0.4 is 5.73 Å². The number of benzene rings is 1. The van der Waals surface area contributed by atoms with E-state index in [-0.39, 0.29) is 0 Å². The van der Waals surface area contributed by atoms with Gasteiger partial charge in [0.2, 0.25) is 0 Å². The van der Waals surface area contributed by atoms with Gasteiger partial charge in [0.05, 0.1) is 0 Å². The molecule has 1 aliphatic carbocycles. The Morgan fingerprint density at radius 1 is 1.11 bits per heavy atom. The van der Waals surface area contributed by atoms with Crippen LogP contribution in [0.1, 0.15) is 43.6 Å². The number of rotatable bonds is 2. The van der Waals surface area contributed by atoms with E-state index in [4.69, 9.17) is 5.73 Å². The molecule has 0 radical (unpaired) electrons. The lowest BCUT2D eigenvalue weighted by atomic mass is 9.84. The van der Waals surface area contributed by atoms with Gasteiger partial charge in [0, 0.05) is 5.56 Å². The van der Waals surface area contributed by atoms with Gasteiger partial charge in [-0.2, -0.15) is 0 Å². The Hall–Kier alpha value is -0.870. The highest BCUT2D eigenvalue weighted by molar-refractivity contribution is 9.11. The number of halogens is 1. The average molecular weight is 337 g/mol. The van der Waals surface area contributed by atoms with Crippen molar-refractivity contribution in [2.24, 2.45) is 0 Å². The molecule has 0 aliphatic heterocycles. The van der Waals surface area contributed by atoms with Gasteiger partial charge in [-0.1, -0.05) is 43.5 Å². The van der Waals surface area contributed by atoms with E-state index in [0.717, 1.165) is 20.3 Å². The fourth-order valence-electron chi connectivity index (χ4n) is 2.77. The van der Waals surface area contributed by atoms with E-state index in [1.54, 1.807) is 11.3 Å². The monoisotopic (exact) mass is 336 g/mol. The number of nitrogens with zero attached hydrogens (tertiary/aromatic N) is 1. The molecule has 1 heterocycles. The molecule has 1 aromatic carbocycles. The summed E-state index contributed by atoms with van der Waals surface area (Å²) < 4.78 is 0.916. The molecule has 2 N–H and O–H groups in total. The molecule has 1 aromatic heterocycles. The summed E-state index contributed by atoms with van der Waals surface area (Å²) in [6.45, 7) is 0. The molecule has 100 valence electrons. The van der Waals surface area contributed by atoms with E-state index >= 15 is 0 Å². The minimum Gasteiger partial charge on any atom is -0.382 e. The zero-order valence-electron chi connectivity index (χ0n) is 10.7. The van der Waals surface area contributed by atoms with Gasteiger partial charge in [-0.15, -0.1) is 11.3 Å². The number of hydrogen-bond acceptors (Lipinski definition) is 3. The quantitative estimate of drug-likeness (QED) is 0.818. The van der Waals surface area contributed by atoms with E-state index < -0.39 is 0 Å². The summed E-state index contributed by atoms with van der Waals surface area (Å²) in [5.41, 5.74) is 8.41. The topological polar surface area (TPSA) is 38.9 Å². The normalized spacial score (nSPS) is 16.7. The molecular formula is C15H17BrN2S. The van der Waals surface area contributed by atoms with Crippen molar-refractivity contribution in [2.75, 3.05) is 5.73 Å². The Morgan fingerprint density at radius 2 is 1.79 bits per heavy atom. The number of anilines is 1. The van der Waals surface area contributed by atoms with Gasteiger partial charge in [-0.3, -0.25) is 0 Å². The predicted octanol–water partition coefficient (Wildman–Crippen LogP) is 5.20. The van der Waals surface area contributed by atoms with Crippen molar-refractivity contribution >= 4 is 33.1 Å². The van der Waals surface area contributed by atoms with Crippen LogP contribution in [-0.4, -0.2) is 4.98 Å². The lowest BCUT2D eigenvalue weighted by molar-refractivity contribution is 0.443. The first kappa shape index (κ1) is 13.1. The Morgan fingerprint density at radius 3 is 2.37 bits per heavy atom. The molecule has 2 aromatic rings. The summed E-state index contributed by atoms with van der Waals surface area (Å²) in [7, 11) is 0. The highest BCUT2D eigenvalue weighted by atomic mass is 79.9. The van der Waals surface area contributed by atoms with Crippen molar-refractivity contribution in [1.82, 2.24) is 4.98 Å². The van der Waals surface area contributed by atoms with E-state index in [0.29, 0.717) is 5.82 Å². The summed E-state index contributed by atoms with van der Waals surface area (Å²) >= 11 is 5.01. The largest absolute Gasteiger partial charge is 0.382 e. The first-order chi connectivity index (χ1) is 9.24. The zero-order chi connectivity index (χ0) is 13.2. The molecule has 3 rings (SSSR count). The van der Waals surface area contributed by atoms with Gasteiger partial charge in [0.15, 0.2) is 0 Å². The molecule has 0 atom stereocenters. The second kappa shape index (κ2) is 5.63. The maximum Gasteiger partial charge on any atom is 0.149 e. The fraction of sp³-hybridized carbons (Fsp3) is 0.400. The van der Waals surface area contributed by atoms with Crippen LogP contribution in [0.5, 0.6) is 0 Å². The van der Waals surface area contributed by atoms with Gasteiger partial charge in [-0.05, 0) is 40.3 Å². The van der Waals surface area contributed by atoms with Crippen molar-refractivity contribution in [3.8, 4) is 10.6 Å². The Balaban J connectivity index is 1.82. The van der Waals surface area contributed by atoms with Crippen LogP contribution in [0.3, 0.4) is 0 Å². The van der Waals surface area contributed by atoms with Gasteiger partial charge >= 0.3 is 0 Å². The highest BCUT2D eigenvalue weighted by Crippen LogP contribution is 2.36. The second-order valence-electron chi connectivity index (χ2n) is 5.13. The number of hydrogen-bond donors (Lipinski definition) is 1. The first-order valence-corrected chi connectivity index (χ1v) is 8.37. The molecule has 0 unspecified atom stereocenters. The van der Waals surface area contributed by atoms with Crippen molar-refractivity contribution in [2.45, 2.75) is 38.0 Å². The molecule has 0 saturated heterocycles. The number of nitrogen functional groups attached to an aromatic ring is 1. The Bertz CT molecular complexity index is 537. The van der Waals surface area contributed by atoms with Crippen LogP contribution in [0, 0.1) is 0 Å². The van der Waals surface area contributed by atoms with Crippen molar-refractivity contribution in [3.63, 3.8) is 0 Å². The number of thiazole rings is 1. The van der Waals surface area contributed by atoms with Crippen LogP contribution in [0.25, 0.3) is 10.6 Å². The van der Waals surface area contributed by atoms with Crippen LogP contribution in [0.2, 0.25) is 0 Å². The molecule has 4 heteroatoms. The van der Waals surface area contributed by atoms with Gasteiger partial charge in [0.1, 0.15) is 14.6 Å². The number of aromatic nitrogens is 1. The zero-order valence-corrected chi connectivity index (χ0v) is 13.1. The maximum absolute atomic E-state index is 5.78. The van der Waals surface area contributed by atoms with E-state index in [9.17, 15) is 0 Å². The molecule has 0 spiro atoms. The molecule has 1 fully saturated rings. The average Bonchev–Trinajstić information content (AvgIpc) is 2.80. The van der Waals surface area contributed by atoms with Gasteiger partial charge in [0.25, 0.3) is 0 Å². The van der Waals surface area contributed by atoms with Crippen molar-refractivity contribution < 1.29 is 0 Å². The molecular weight excluding hydrogens is 320 g/mol. The minimum absolute atomic E-state index is 0.580. The molecule has 2 nitrogen and oxygen atoms in total. The lowest BCUT2D eigenvalue weighted by Crippen LogP contribution is -2.04. The molecule has 1 saturated carbocycles. The first-order valence-electron chi connectivity index (χ1n) is 6.76. The fourth-order valence-corrected chi connectivity index (χ4v) is 4.04. The van der Waals surface area contributed by atoms with Crippen LogP contribution >= 0.6 is 27.3 Å². The Kier molecular flexibility index (Phi) is 3.89. The van der Waals surface area contributed by atoms with Crippen LogP contribution in [0.4, 0.5) is 5.82 Å². The number of nitrogens with two attached hydrogens (primary N) is 1. The summed E-state index contributed by atoms with van der Waals surface area (Å²) in [4.78, 5) is 4.37. The summed E-state index contributed by atoms with van der Waals surface area (Å²) in [6.07, 6.45) is 6.84. The third-order valence-electron chi connectivity index (χ3n) is 3.84. The third-order valence-corrected chi connectivity index (χ3v) is 5.64. The SMILES string of the molecule is Nc1nc(-c2ccc(C3CCCCC3)cc2)sc1Br. The Labute approximate surface area is 126 Å². The molecule has 1 aliphatic rings. The van der Waals surface area contributed by atoms with Crippen LogP contribution in [-0.2, 0) is 0 Å². The predicted molar refractivity (Wildman–Crippen MR) is 85.5 cm³/mol. The molecule has 0 bridgehead atoms. The lowest BCUT2D eigenvalue weighted by Gasteiger charge is -2.21. The molecule has 0 amide bonds. The second-order valence-corrected chi connectivity index (χ2v) is 7.45. The van der Waals surface area contributed by atoms with E-state index in [2.05, 4.69) is 45.2 Å². The van der Waals surface area contributed by atoms with Crippen molar-refractivity contribution in [3.05, 3.63) is 33.6 Å². The maximum atomic E-state index is 5.78. The summed E-state index contributed by atoms with van der Waals surface area (Å²) in [5.74, 6) is 1.34. The minimum atomic E-state index is 0.580. The van der Waals surface area contributed by atoms with Gasteiger partial charge in [-0.25, -0.2) is 4.98 Å². The smallest absolute Gasteiger partial charge is 0.149 e. The molecule has 19 heavy (non-hydrogen) atoms. The summed E-state index contributed by atoms with van der Waals surface area (Å²) in [6, 6.07) is 8.87. The van der Waals surface area contributed by atoms with Gasteiger partial charge < -0.3 is 5.73 Å². The standard InChI is InChI=1S/C15H17BrN2S/c16-13-14(17)18-15(19-13)12-8-6-11(7-9-12)10-4-2-1-3-5-10/h6-10H,1-5,17H2. The summed E-state index contributed by atoms with van der Waals surface area (Å²) in [5, 5.41) is 0.986. The van der Waals surface area contributed by atoms with Crippen LogP contribution in [0.15, 0.2) is 28.1 Å². The van der Waals surface area contributed by atoms with Crippen molar-refractivity contribution in [1.29, 1.82) is 0 Å². The van der Waals surface area contributed by atoms with E-state index in [1.165, 1.54) is 37.7 Å². The highest BCUT2D eigenvalue weighted by Gasteiger charge is 2.15. The van der Waals surface area contributed by atoms with E-state index in [1.807, 2.05) is 0 Å².